The third kappa shape index (κ3) is 7.40. The van der Waals surface area contributed by atoms with E-state index in [1.54, 1.807) is 0 Å². The predicted octanol–water partition coefficient (Wildman–Crippen LogP) is 0.778. The van der Waals surface area contributed by atoms with Crippen LogP contribution in [-0.2, 0) is 33.2 Å². The Labute approximate surface area is 376 Å². The molecule has 0 aromatic carbocycles. The summed E-state index contributed by atoms with van der Waals surface area (Å²) in [4.78, 5) is 15.1. The van der Waals surface area contributed by atoms with Crippen molar-refractivity contribution in [3.05, 3.63) is 11.6 Å². The van der Waals surface area contributed by atoms with Crippen LogP contribution in [0.15, 0.2) is 11.6 Å². The summed E-state index contributed by atoms with van der Waals surface area (Å²) in [5.74, 6) is -0.724. The largest absolute Gasteiger partial charge is 0.432 e. The Morgan fingerprint density at radius 3 is 2.05 bits per heavy atom. The summed E-state index contributed by atoms with van der Waals surface area (Å²) >= 11 is 0. The minimum atomic E-state index is -1.73. The van der Waals surface area contributed by atoms with Crippen LogP contribution in [0.25, 0.3) is 0 Å². The van der Waals surface area contributed by atoms with Gasteiger partial charge in [0.15, 0.2) is 18.7 Å². The Hall–Kier alpha value is -1.39. The summed E-state index contributed by atoms with van der Waals surface area (Å²) in [6.45, 7) is 16.3. The third-order valence-corrected chi connectivity index (χ3v) is 18.9. The highest BCUT2D eigenvalue weighted by Gasteiger charge is 2.72. The first kappa shape index (κ1) is 49.0. The maximum atomic E-state index is 15.1. The third-order valence-electron chi connectivity index (χ3n) is 18.9. The smallest absolute Gasteiger partial charge is 0.317 e. The molecule has 0 aromatic rings. The predicted molar refractivity (Wildman–Crippen MR) is 224 cm³/mol. The van der Waals surface area contributed by atoms with E-state index in [1.165, 1.54) is 6.92 Å². The van der Waals surface area contributed by atoms with Gasteiger partial charge in [-0.1, -0.05) is 60.1 Å². The van der Waals surface area contributed by atoms with Crippen molar-refractivity contribution in [3.63, 3.8) is 0 Å². The van der Waals surface area contributed by atoms with Crippen LogP contribution in [0.3, 0.4) is 0 Å². The minimum Gasteiger partial charge on any atom is -0.432 e. The zero-order valence-electron chi connectivity index (χ0n) is 38.7. The number of carbonyl (C=O) groups excluding carboxylic acids is 1. The molecule has 10 N–H and O–H groups in total. The highest BCUT2D eigenvalue weighted by molar-refractivity contribution is 5.80. The maximum Gasteiger partial charge on any atom is 0.317 e. The first-order chi connectivity index (χ1) is 29.8. The van der Waals surface area contributed by atoms with Gasteiger partial charge in [-0.3, -0.25) is 4.79 Å². The van der Waals surface area contributed by atoms with Gasteiger partial charge in [-0.05, 0) is 110 Å². The SMILES string of the molecule is C[C@@H]1O[C@@H](O[C@H]2[C@H](OC(=O)C34CCC(C)(C)CC3C3=CCC5[C@@]6(C)CC[C@H](O[C@@H]7O[C@H](CO)[C@@H](O)[C@H](O)[C@H]7O)C(C)(C)C6CC[C@@]5(C)[C@]3(C)C[C@H]4O)OC[C@H](O)[C@@H]2O)[C@H](O)[C@H](O)[C@H]1O. The Bertz CT molecular complexity index is 1760. The van der Waals surface area contributed by atoms with Crippen LogP contribution in [0, 0.1) is 50.2 Å². The Morgan fingerprint density at radius 2 is 1.38 bits per heavy atom. The number of ether oxygens (including phenoxy) is 6. The zero-order valence-corrected chi connectivity index (χ0v) is 38.7. The lowest BCUT2D eigenvalue weighted by Gasteiger charge is -2.71. The van der Waals surface area contributed by atoms with Crippen molar-refractivity contribution in [1.82, 2.24) is 0 Å². The summed E-state index contributed by atoms with van der Waals surface area (Å²) in [6, 6.07) is 0. The monoisotopic (exact) mass is 913 g/mol. The highest BCUT2D eigenvalue weighted by Crippen LogP contribution is 2.76. The number of hydrogen-bond acceptors (Lipinski definition) is 17. The van der Waals surface area contributed by atoms with E-state index >= 15 is 4.79 Å². The topological polar surface area (TPSA) is 275 Å². The fraction of sp³-hybridized carbons (Fsp3) is 0.936. The molecule has 0 radical (unpaired) electrons. The first-order valence-electron chi connectivity index (χ1n) is 23.7. The maximum absolute atomic E-state index is 15.1. The normalized spacial score (nSPS) is 54.6. The zero-order chi connectivity index (χ0) is 46.9. The molecule has 0 amide bonds. The van der Waals surface area contributed by atoms with Gasteiger partial charge in [0.05, 0.1) is 31.5 Å². The number of fused-ring (bicyclic) bond motifs is 7. The molecule has 8 rings (SSSR count). The van der Waals surface area contributed by atoms with Crippen molar-refractivity contribution in [1.29, 1.82) is 0 Å². The van der Waals surface area contributed by atoms with Gasteiger partial charge >= 0.3 is 5.97 Å². The van der Waals surface area contributed by atoms with Crippen LogP contribution in [0.4, 0.5) is 0 Å². The molecule has 0 aromatic heterocycles. The number of esters is 1. The average molecular weight is 913 g/mol. The second kappa shape index (κ2) is 16.9. The molecular formula is C47H76O17. The summed E-state index contributed by atoms with van der Waals surface area (Å²) < 4.78 is 35.9. The Morgan fingerprint density at radius 1 is 0.719 bits per heavy atom. The molecule has 3 heterocycles. The van der Waals surface area contributed by atoms with E-state index in [2.05, 4.69) is 54.5 Å². The molecule has 0 bridgehead atoms. The summed E-state index contributed by atoms with van der Waals surface area (Å²) in [5.41, 5.74) is -1.77. The van der Waals surface area contributed by atoms with Gasteiger partial charge in [0, 0.05) is 0 Å². The number of carbonyl (C=O) groups is 1. The quantitative estimate of drug-likeness (QED) is 0.0960. The molecule has 3 aliphatic heterocycles. The van der Waals surface area contributed by atoms with Crippen LogP contribution in [-0.4, -0.2) is 168 Å². The summed E-state index contributed by atoms with van der Waals surface area (Å²) in [7, 11) is 0. The molecule has 0 spiro atoms. The van der Waals surface area contributed by atoms with Gasteiger partial charge in [-0.2, -0.15) is 0 Å². The molecule has 8 aliphatic rings. The van der Waals surface area contributed by atoms with E-state index < -0.39 is 133 Å². The van der Waals surface area contributed by atoms with Gasteiger partial charge in [-0.25, -0.2) is 0 Å². The number of allylic oxidation sites excluding steroid dienone is 2. The van der Waals surface area contributed by atoms with Gasteiger partial charge in [0.25, 0.3) is 0 Å². The van der Waals surface area contributed by atoms with Gasteiger partial charge in [-0.15, -0.1) is 0 Å². The number of hydrogen-bond donors (Lipinski definition) is 10. The van der Waals surface area contributed by atoms with E-state index in [0.717, 1.165) is 31.3 Å². The number of aliphatic hydroxyl groups is 10. The Kier molecular flexibility index (Phi) is 13.0. The summed E-state index contributed by atoms with van der Waals surface area (Å²) in [6.07, 6.45) is -13.7. The van der Waals surface area contributed by atoms with E-state index in [0.29, 0.717) is 32.1 Å². The van der Waals surface area contributed by atoms with E-state index in [9.17, 15) is 51.1 Å². The van der Waals surface area contributed by atoms with E-state index in [1.807, 2.05) is 0 Å². The van der Waals surface area contributed by atoms with E-state index in [-0.39, 0.29) is 34.2 Å². The minimum absolute atomic E-state index is 0.165. The van der Waals surface area contributed by atoms with Crippen molar-refractivity contribution in [2.45, 2.75) is 211 Å². The Balaban J connectivity index is 1.07. The molecule has 64 heavy (non-hydrogen) atoms. The highest BCUT2D eigenvalue weighted by atomic mass is 16.8. The van der Waals surface area contributed by atoms with Crippen molar-refractivity contribution in [2.75, 3.05) is 13.2 Å². The molecule has 366 valence electrons. The van der Waals surface area contributed by atoms with Crippen molar-refractivity contribution >= 4 is 5.97 Å². The molecule has 17 heteroatoms. The fourth-order valence-electron chi connectivity index (χ4n) is 14.8. The molecular weight excluding hydrogens is 836 g/mol. The van der Waals surface area contributed by atoms with E-state index in [4.69, 9.17) is 28.4 Å². The first-order valence-corrected chi connectivity index (χ1v) is 23.7. The van der Waals surface area contributed by atoms with Crippen molar-refractivity contribution < 1.29 is 84.3 Å². The molecule has 7 fully saturated rings. The van der Waals surface area contributed by atoms with Crippen LogP contribution in [0.2, 0.25) is 0 Å². The summed E-state index contributed by atoms with van der Waals surface area (Å²) in [5, 5.41) is 108. The van der Waals surface area contributed by atoms with Crippen LogP contribution in [0.5, 0.6) is 0 Å². The average Bonchev–Trinajstić information content (AvgIpc) is 3.22. The van der Waals surface area contributed by atoms with Crippen LogP contribution >= 0.6 is 0 Å². The van der Waals surface area contributed by atoms with Crippen molar-refractivity contribution in [3.8, 4) is 0 Å². The van der Waals surface area contributed by atoms with Crippen molar-refractivity contribution in [2.24, 2.45) is 50.2 Å². The molecule has 3 saturated heterocycles. The molecule has 4 unspecified atom stereocenters. The fourth-order valence-corrected chi connectivity index (χ4v) is 14.8. The molecule has 23 atom stereocenters. The standard InChI is InChI=1S/C47H76O17/c1-21-30(51)33(54)35(56)38(60-21)63-37-31(52)24(49)20-59-40(37)64-41(58)47-16-15-42(2,3)17-23(47)22-9-10-27-44(6)13-12-29(62-39-36(57)34(55)32(53)25(19-48)61-39)43(4,5)26(44)11-14-45(27,7)46(22,8)18-28(47)50/h9,21,23-40,48-57H,10-20H2,1-8H3/t21-,23?,24-,25+,26?,27?,28+,29-,30-,31-,32+,33+,34-,35+,36+,37+,38-,39-,40-,44-,45+,46+,47?/m0/s1. The van der Waals surface area contributed by atoms with Crippen LogP contribution < -0.4 is 0 Å². The second-order valence-corrected chi connectivity index (χ2v) is 23.1. The lowest BCUT2D eigenvalue weighted by atomic mass is 9.33. The van der Waals surface area contributed by atoms with Gasteiger partial charge in [0.1, 0.15) is 60.4 Å². The number of aliphatic hydroxyl groups excluding tert-OH is 10. The molecule has 17 nitrogen and oxygen atoms in total. The lowest BCUT2D eigenvalue weighted by Crippen LogP contribution is -2.68. The van der Waals surface area contributed by atoms with Gasteiger partial charge in [0.2, 0.25) is 6.29 Å². The lowest BCUT2D eigenvalue weighted by molar-refractivity contribution is -0.350. The second-order valence-electron chi connectivity index (χ2n) is 23.1. The van der Waals surface area contributed by atoms with Crippen LogP contribution in [0.1, 0.15) is 113 Å². The molecule has 4 saturated carbocycles. The molecule has 5 aliphatic carbocycles. The van der Waals surface area contributed by atoms with Gasteiger partial charge < -0.3 is 79.5 Å². The number of rotatable bonds is 7.